The van der Waals surface area contributed by atoms with E-state index in [-0.39, 0.29) is 5.78 Å². The Kier molecular flexibility index (Phi) is 4.56. The Balaban J connectivity index is 2.13. The summed E-state index contributed by atoms with van der Waals surface area (Å²) >= 11 is 0. The van der Waals surface area contributed by atoms with Crippen molar-refractivity contribution in [3.8, 4) is 17.2 Å². The van der Waals surface area contributed by atoms with Crippen LogP contribution in [0, 0.1) is 0 Å². The van der Waals surface area contributed by atoms with E-state index in [0.29, 0.717) is 29.9 Å². The Labute approximate surface area is 141 Å². The molecule has 0 N–H and O–H groups in total. The first-order valence-electron chi connectivity index (χ1n) is 7.80. The fourth-order valence-electron chi connectivity index (χ4n) is 3.03. The molecular formula is C20H20O4. The van der Waals surface area contributed by atoms with Crippen LogP contribution in [0.4, 0.5) is 0 Å². The number of carbonyl (C=O) groups is 1. The number of fused-ring (bicyclic) bond motifs is 1. The van der Waals surface area contributed by atoms with Gasteiger partial charge in [-0.25, -0.2) is 0 Å². The van der Waals surface area contributed by atoms with Gasteiger partial charge in [0.2, 0.25) is 0 Å². The van der Waals surface area contributed by atoms with E-state index in [1.54, 1.807) is 21.3 Å². The molecule has 24 heavy (non-hydrogen) atoms. The molecule has 4 heteroatoms. The van der Waals surface area contributed by atoms with E-state index in [4.69, 9.17) is 14.2 Å². The molecule has 1 aliphatic rings. The molecule has 0 atom stereocenters. The first-order chi connectivity index (χ1) is 11.7. The molecule has 0 saturated heterocycles. The van der Waals surface area contributed by atoms with E-state index < -0.39 is 0 Å². The van der Waals surface area contributed by atoms with Crippen molar-refractivity contribution in [2.24, 2.45) is 0 Å². The van der Waals surface area contributed by atoms with E-state index in [1.165, 1.54) is 0 Å². The average Bonchev–Trinajstić information content (AvgIpc) is 2.63. The van der Waals surface area contributed by atoms with Gasteiger partial charge in [-0.3, -0.25) is 4.79 Å². The van der Waals surface area contributed by atoms with Crippen LogP contribution in [0.2, 0.25) is 0 Å². The standard InChI is InChI=1S/C20H20O4/c1-22-14-9-13(10-15(12-14)23-2)11-18-16-5-4-6-20(24-3)17(16)7-8-19(18)21/h4-6,9-12H,7-8H2,1-3H3/b18-11+. The highest BCUT2D eigenvalue weighted by Gasteiger charge is 2.24. The van der Waals surface area contributed by atoms with Gasteiger partial charge in [0.25, 0.3) is 0 Å². The fraction of sp³-hybridized carbons (Fsp3) is 0.250. The van der Waals surface area contributed by atoms with E-state index in [2.05, 4.69) is 0 Å². The smallest absolute Gasteiger partial charge is 0.163 e. The number of allylic oxidation sites excluding steroid dienone is 1. The van der Waals surface area contributed by atoms with Crippen LogP contribution in [-0.2, 0) is 11.2 Å². The maximum absolute atomic E-state index is 12.5. The Morgan fingerprint density at radius 2 is 1.62 bits per heavy atom. The predicted octanol–water partition coefficient (Wildman–Crippen LogP) is 3.77. The van der Waals surface area contributed by atoms with Crippen LogP contribution in [-0.4, -0.2) is 27.1 Å². The van der Waals surface area contributed by atoms with Crippen molar-refractivity contribution < 1.29 is 19.0 Å². The van der Waals surface area contributed by atoms with Crippen molar-refractivity contribution in [2.45, 2.75) is 12.8 Å². The maximum Gasteiger partial charge on any atom is 0.163 e. The molecule has 3 rings (SSSR count). The van der Waals surface area contributed by atoms with Crippen LogP contribution in [0.1, 0.15) is 23.1 Å². The van der Waals surface area contributed by atoms with Crippen molar-refractivity contribution >= 4 is 17.4 Å². The zero-order valence-corrected chi connectivity index (χ0v) is 14.1. The summed E-state index contributed by atoms with van der Waals surface area (Å²) in [5.74, 6) is 2.34. The number of Topliss-reactive ketones (excluding diaryl/α,β-unsaturated/α-hetero) is 1. The number of hydrogen-bond acceptors (Lipinski definition) is 4. The summed E-state index contributed by atoms with van der Waals surface area (Å²) in [6.07, 6.45) is 3.09. The Bertz CT molecular complexity index is 783. The van der Waals surface area contributed by atoms with Crippen molar-refractivity contribution in [1.29, 1.82) is 0 Å². The van der Waals surface area contributed by atoms with E-state index in [9.17, 15) is 4.79 Å². The zero-order valence-electron chi connectivity index (χ0n) is 14.1. The van der Waals surface area contributed by atoms with Crippen molar-refractivity contribution in [3.63, 3.8) is 0 Å². The quantitative estimate of drug-likeness (QED) is 0.803. The number of carbonyl (C=O) groups excluding carboxylic acids is 1. The van der Waals surface area contributed by atoms with Crippen molar-refractivity contribution in [1.82, 2.24) is 0 Å². The highest BCUT2D eigenvalue weighted by molar-refractivity contribution is 6.26. The number of methoxy groups -OCH3 is 3. The first-order valence-corrected chi connectivity index (χ1v) is 7.80. The van der Waals surface area contributed by atoms with Gasteiger partial charge in [0, 0.05) is 23.6 Å². The number of benzene rings is 2. The summed E-state index contributed by atoms with van der Waals surface area (Å²) in [6, 6.07) is 11.4. The third-order valence-electron chi connectivity index (χ3n) is 4.23. The number of ketones is 1. The number of rotatable bonds is 4. The molecule has 0 spiro atoms. The lowest BCUT2D eigenvalue weighted by Crippen LogP contribution is -2.13. The minimum absolute atomic E-state index is 0.137. The van der Waals surface area contributed by atoms with Crippen LogP contribution in [0.3, 0.4) is 0 Å². The highest BCUT2D eigenvalue weighted by Crippen LogP contribution is 2.36. The van der Waals surface area contributed by atoms with Gasteiger partial charge in [0.05, 0.1) is 21.3 Å². The second-order valence-electron chi connectivity index (χ2n) is 5.61. The summed E-state index contributed by atoms with van der Waals surface area (Å²) in [5.41, 5.74) is 3.59. The van der Waals surface area contributed by atoms with Gasteiger partial charge in [-0.15, -0.1) is 0 Å². The second-order valence-corrected chi connectivity index (χ2v) is 5.61. The van der Waals surface area contributed by atoms with Crippen LogP contribution in [0.5, 0.6) is 17.2 Å². The minimum atomic E-state index is 0.137. The molecule has 0 amide bonds. The van der Waals surface area contributed by atoms with Gasteiger partial charge in [0.15, 0.2) is 5.78 Å². The molecule has 0 aromatic heterocycles. The molecule has 1 aliphatic carbocycles. The topological polar surface area (TPSA) is 44.8 Å². The zero-order chi connectivity index (χ0) is 17.1. The maximum atomic E-state index is 12.5. The molecular weight excluding hydrogens is 304 g/mol. The number of ether oxygens (including phenoxy) is 3. The fourth-order valence-corrected chi connectivity index (χ4v) is 3.03. The lowest BCUT2D eigenvalue weighted by Gasteiger charge is -2.20. The second kappa shape index (κ2) is 6.79. The largest absolute Gasteiger partial charge is 0.497 e. The first kappa shape index (κ1) is 16.1. The van der Waals surface area contributed by atoms with E-state index >= 15 is 0 Å². The van der Waals surface area contributed by atoms with Crippen LogP contribution in [0.25, 0.3) is 11.6 Å². The molecule has 0 unspecified atom stereocenters. The van der Waals surface area contributed by atoms with Crippen molar-refractivity contribution in [2.75, 3.05) is 21.3 Å². The average molecular weight is 324 g/mol. The van der Waals surface area contributed by atoms with Gasteiger partial charge in [-0.1, -0.05) is 12.1 Å². The normalized spacial score (nSPS) is 15.1. The Morgan fingerprint density at radius 1 is 0.917 bits per heavy atom. The van der Waals surface area contributed by atoms with Gasteiger partial charge in [-0.05, 0) is 41.8 Å². The SMILES string of the molecule is COc1cc(/C=C2/C(=O)CCc3c(OC)cccc32)cc(OC)c1. The van der Waals surface area contributed by atoms with Crippen LogP contribution < -0.4 is 14.2 Å². The Hall–Kier alpha value is -2.75. The Morgan fingerprint density at radius 3 is 2.25 bits per heavy atom. The molecule has 0 radical (unpaired) electrons. The minimum Gasteiger partial charge on any atom is -0.497 e. The summed E-state index contributed by atoms with van der Waals surface area (Å²) in [6.45, 7) is 0. The third-order valence-corrected chi connectivity index (χ3v) is 4.23. The molecule has 124 valence electrons. The molecule has 0 bridgehead atoms. The van der Waals surface area contributed by atoms with E-state index in [1.807, 2.05) is 42.5 Å². The highest BCUT2D eigenvalue weighted by atomic mass is 16.5. The summed E-state index contributed by atoms with van der Waals surface area (Å²) < 4.78 is 16.1. The number of hydrogen-bond donors (Lipinski definition) is 0. The molecule has 0 heterocycles. The lowest BCUT2D eigenvalue weighted by atomic mass is 9.85. The molecule has 2 aromatic rings. The summed E-state index contributed by atoms with van der Waals surface area (Å²) in [7, 11) is 4.87. The van der Waals surface area contributed by atoms with Gasteiger partial charge < -0.3 is 14.2 Å². The lowest BCUT2D eigenvalue weighted by molar-refractivity contribution is -0.113. The van der Waals surface area contributed by atoms with Gasteiger partial charge in [0.1, 0.15) is 17.2 Å². The monoisotopic (exact) mass is 324 g/mol. The van der Waals surface area contributed by atoms with Crippen LogP contribution in [0.15, 0.2) is 36.4 Å². The molecule has 0 fully saturated rings. The van der Waals surface area contributed by atoms with Gasteiger partial charge >= 0.3 is 0 Å². The molecule has 0 aliphatic heterocycles. The third kappa shape index (κ3) is 3.00. The summed E-state index contributed by atoms with van der Waals surface area (Å²) in [5, 5.41) is 0. The van der Waals surface area contributed by atoms with E-state index in [0.717, 1.165) is 22.4 Å². The predicted molar refractivity (Wildman–Crippen MR) is 93.7 cm³/mol. The van der Waals surface area contributed by atoms with Gasteiger partial charge in [-0.2, -0.15) is 0 Å². The molecule has 0 saturated carbocycles. The van der Waals surface area contributed by atoms with Crippen LogP contribution >= 0.6 is 0 Å². The molecule has 4 nitrogen and oxygen atoms in total. The summed E-state index contributed by atoms with van der Waals surface area (Å²) in [4.78, 5) is 12.5. The van der Waals surface area contributed by atoms with Crippen molar-refractivity contribution in [3.05, 3.63) is 53.1 Å². The molecule has 2 aromatic carbocycles.